The van der Waals surface area contributed by atoms with E-state index in [-0.39, 0.29) is 24.8 Å². The molecule has 1 heterocycles. The molecule has 1 aromatic rings. The van der Waals surface area contributed by atoms with Crippen LogP contribution in [-0.2, 0) is 0 Å². The number of anilines is 1. The molecule has 0 unspecified atom stereocenters. The van der Waals surface area contributed by atoms with Crippen molar-refractivity contribution in [3.05, 3.63) is 23.3 Å². The van der Waals surface area contributed by atoms with Crippen LogP contribution in [0.15, 0.2) is 12.1 Å². The summed E-state index contributed by atoms with van der Waals surface area (Å²) < 4.78 is 27.3. The van der Waals surface area contributed by atoms with E-state index >= 15 is 0 Å². The van der Waals surface area contributed by atoms with Crippen LogP contribution in [0, 0.1) is 0 Å². The van der Waals surface area contributed by atoms with Gasteiger partial charge in [0.25, 0.3) is 5.92 Å². The van der Waals surface area contributed by atoms with Crippen LogP contribution in [0.25, 0.3) is 0 Å². The van der Waals surface area contributed by atoms with E-state index in [9.17, 15) is 13.9 Å². The Balaban J connectivity index is 2.44. The van der Waals surface area contributed by atoms with Crippen molar-refractivity contribution in [2.75, 3.05) is 18.0 Å². The Labute approximate surface area is 125 Å². The van der Waals surface area contributed by atoms with Gasteiger partial charge in [-0.25, -0.2) is 8.78 Å². The molecule has 0 aliphatic carbocycles. The summed E-state index contributed by atoms with van der Waals surface area (Å²) in [7, 11) is 0. The number of hydrogen-bond donors (Lipinski definition) is 1. The third-order valence-electron chi connectivity index (χ3n) is 4.16. The van der Waals surface area contributed by atoms with Crippen molar-refractivity contribution < 1.29 is 13.9 Å². The topological polar surface area (TPSA) is 23.5 Å². The zero-order chi connectivity index (χ0) is 15.8. The zero-order valence-corrected chi connectivity index (χ0v) is 13.3. The van der Waals surface area contributed by atoms with Gasteiger partial charge in [-0.15, -0.1) is 0 Å². The Morgan fingerprint density at radius 1 is 1.10 bits per heavy atom. The third-order valence-corrected chi connectivity index (χ3v) is 4.16. The van der Waals surface area contributed by atoms with Crippen molar-refractivity contribution in [2.24, 2.45) is 0 Å². The second kappa shape index (κ2) is 5.82. The number of hydrogen-bond acceptors (Lipinski definition) is 2. The van der Waals surface area contributed by atoms with Gasteiger partial charge in [-0.1, -0.05) is 27.7 Å². The molecule has 1 aliphatic rings. The number of aromatic hydroxyl groups is 1. The highest BCUT2D eigenvalue weighted by molar-refractivity contribution is 5.59. The Bertz CT molecular complexity index is 483. The lowest BCUT2D eigenvalue weighted by Gasteiger charge is -2.35. The van der Waals surface area contributed by atoms with Crippen LogP contribution in [0.1, 0.15) is 63.5 Å². The quantitative estimate of drug-likeness (QED) is 0.860. The van der Waals surface area contributed by atoms with Crippen LogP contribution in [0.5, 0.6) is 5.75 Å². The van der Waals surface area contributed by atoms with Crippen LogP contribution in [0.4, 0.5) is 14.5 Å². The van der Waals surface area contributed by atoms with E-state index in [4.69, 9.17) is 0 Å². The van der Waals surface area contributed by atoms with Gasteiger partial charge in [0.05, 0.1) is 6.54 Å². The summed E-state index contributed by atoms with van der Waals surface area (Å²) in [6, 6.07) is 3.74. The second-order valence-corrected chi connectivity index (χ2v) is 6.66. The van der Waals surface area contributed by atoms with Crippen LogP contribution < -0.4 is 4.90 Å². The van der Waals surface area contributed by atoms with Crippen LogP contribution in [0.2, 0.25) is 0 Å². The number of phenolic OH excluding ortho intramolecular Hbond substituents is 1. The number of alkyl halides is 2. The van der Waals surface area contributed by atoms with Crippen LogP contribution >= 0.6 is 0 Å². The molecule has 1 fully saturated rings. The van der Waals surface area contributed by atoms with Gasteiger partial charge in [-0.05, 0) is 41.5 Å². The first kappa shape index (κ1) is 16.1. The molecular formula is C17H25F2NO. The summed E-state index contributed by atoms with van der Waals surface area (Å²) in [6.07, 6.45) is 0.470. The molecule has 0 aromatic heterocycles. The normalized spacial score (nSPS) is 18.6. The maximum absolute atomic E-state index is 13.6. The van der Waals surface area contributed by atoms with Crippen molar-refractivity contribution in [1.82, 2.24) is 0 Å². The van der Waals surface area contributed by atoms with Gasteiger partial charge in [0.15, 0.2) is 0 Å². The number of halogens is 2. The average Bonchev–Trinajstić information content (AvgIpc) is 2.37. The van der Waals surface area contributed by atoms with E-state index in [1.807, 2.05) is 39.8 Å². The molecule has 0 spiro atoms. The van der Waals surface area contributed by atoms with Crippen molar-refractivity contribution >= 4 is 5.69 Å². The van der Waals surface area contributed by atoms with E-state index in [2.05, 4.69) is 0 Å². The van der Waals surface area contributed by atoms with E-state index in [0.717, 1.165) is 16.8 Å². The largest absolute Gasteiger partial charge is 0.507 e. The summed E-state index contributed by atoms with van der Waals surface area (Å²) in [4.78, 5) is 1.75. The Hall–Kier alpha value is -1.32. The summed E-state index contributed by atoms with van der Waals surface area (Å²) >= 11 is 0. The molecule has 1 saturated heterocycles. The molecule has 0 amide bonds. The molecule has 0 atom stereocenters. The number of phenols is 1. The minimum atomic E-state index is -2.62. The Morgan fingerprint density at radius 3 is 2.05 bits per heavy atom. The first-order chi connectivity index (χ1) is 9.71. The minimum Gasteiger partial charge on any atom is -0.507 e. The lowest BCUT2D eigenvalue weighted by Crippen LogP contribution is -2.42. The van der Waals surface area contributed by atoms with Gasteiger partial charge in [0.1, 0.15) is 5.75 Å². The smallest absolute Gasteiger partial charge is 0.265 e. The van der Waals surface area contributed by atoms with Crippen LogP contribution in [-0.4, -0.2) is 24.1 Å². The molecule has 4 heteroatoms. The van der Waals surface area contributed by atoms with Gasteiger partial charge in [0, 0.05) is 18.7 Å². The molecule has 0 saturated carbocycles. The fraction of sp³-hybridized carbons (Fsp3) is 0.647. The number of rotatable bonds is 3. The SMILES string of the molecule is CC(C)c1cc(N2CCCC(F)(F)C2)cc(C(C)C)c1O. The molecule has 1 N–H and O–H groups in total. The monoisotopic (exact) mass is 297 g/mol. The lowest BCUT2D eigenvalue weighted by atomic mass is 9.92. The van der Waals surface area contributed by atoms with E-state index in [1.165, 1.54) is 0 Å². The van der Waals surface area contributed by atoms with E-state index in [1.54, 1.807) is 4.90 Å². The van der Waals surface area contributed by atoms with Gasteiger partial charge < -0.3 is 10.0 Å². The molecule has 2 rings (SSSR count). The standard InChI is InChI=1S/C17H25F2NO/c1-11(2)14-8-13(9-15(12(3)4)16(14)21)20-7-5-6-17(18,19)10-20/h8-9,11-12,21H,5-7,10H2,1-4H3. The van der Waals surface area contributed by atoms with Gasteiger partial charge in [-0.2, -0.15) is 0 Å². The maximum Gasteiger partial charge on any atom is 0.265 e. The maximum atomic E-state index is 13.6. The van der Waals surface area contributed by atoms with Gasteiger partial charge in [-0.3, -0.25) is 0 Å². The number of benzene rings is 1. The third kappa shape index (κ3) is 3.47. The molecule has 1 aromatic carbocycles. The van der Waals surface area contributed by atoms with Gasteiger partial charge in [0.2, 0.25) is 0 Å². The molecule has 0 bridgehead atoms. The summed E-state index contributed by atoms with van der Waals surface area (Å²) in [5.74, 6) is -1.99. The van der Waals surface area contributed by atoms with Crippen molar-refractivity contribution in [3.8, 4) is 5.75 Å². The molecule has 1 aliphatic heterocycles. The Kier molecular flexibility index (Phi) is 4.45. The highest BCUT2D eigenvalue weighted by Gasteiger charge is 2.35. The molecule has 21 heavy (non-hydrogen) atoms. The molecular weight excluding hydrogens is 272 g/mol. The van der Waals surface area contributed by atoms with Crippen molar-refractivity contribution in [2.45, 2.75) is 58.3 Å². The Morgan fingerprint density at radius 2 is 1.62 bits per heavy atom. The van der Waals surface area contributed by atoms with Crippen LogP contribution in [0.3, 0.4) is 0 Å². The van der Waals surface area contributed by atoms with Crippen molar-refractivity contribution in [3.63, 3.8) is 0 Å². The zero-order valence-electron chi connectivity index (χ0n) is 13.3. The number of nitrogens with zero attached hydrogens (tertiary/aromatic N) is 1. The summed E-state index contributed by atoms with van der Waals surface area (Å²) in [6.45, 7) is 8.45. The van der Waals surface area contributed by atoms with E-state index in [0.29, 0.717) is 18.7 Å². The summed E-state index contributed by atoms with van der Waals surface area (Å²) in [5, 5.41) is 10.4. The fourth-order valence-corrected chi connectivity index (χ4v) is 2.91. The lowest BCUT2D eigenvalue weighted by molar-refractivity contribution is -0.0116. The molecule has 2 nitrogen and oxygen atoms in total. The first-order valence-corrected chi connectivity index (χ1v) is 7.71. The predicted octanol–water partition coefficient (Wildman–Crippen LogP) is 4.87. The highest BCUT2D eigenvalue weighted by atomic mass is 19.3. The van der Waals surface area contributed by atoms with Gasteiger partial charge >= 0.3 is 0 Å². The average molecular weight is 297 g/mol. The minimum absolute atomic E-state index is 0.0321. The molecule has 0 radical (unpaired) electrons. The van der Waals surface area contributed by atoms with E-state index < -0.39 is 5.92 Å². The van der Waals surface area contributed by atoms with Crippen molar-refractivity contribution in [1.29, 1.82) is 0 Å². The second-order valence-electron chi connectivity index (χ2n) is 6.66. The first-order valence-electron chi connectivity index (χ1n) is 7.71. The summed E-state index contributed by atoms with van der Waals surface area (Å²) in [5.41, 5.74) is 2.48. The molecule has 118 valence electrons. The fourth-order valence-electron chi connectivity index (χ4n) is 2.91. The highest BCUT2D eigenvalue weighted by Crippen LogP contribution is 2.39. The number of piperidine rings is 1. The predicted molar refractivity (Wildman–Crippen MR) is 82.7 cm³/mol.